The molecule has 0 radical (unpaired) electrons. The summed E-state index contributed by atoms with van der Waals surface area (Å²) in [4.78, 5) is 0. The molecule has 0 saturated heterocycles. The first-order valence-electron chi connectivity index (χ1n) is 11.2. The summed E-state index contributed by atoms with van der Waals surface area (Å²) >= 11 is 0. The maximum absolute atomic E-state index is 15.7. The topological polar surface area (TPSA) is 47.6 Å². The van der Waals surface area contributed by atoms with Gasteiger partial charge < -0.3 is 0 Å². The van der Waals surface area contributed by atoms with Crippen LogP contribution in [0, 0.1) is 28.5 Å². The van der Waals surface area contributed by atoms with Crippen molar-refractivity contribution in [2.75, 3.05) is 0 Å². The molecule has 0 N–H and O–H groups in total. The van der Waals surface area contributed by atoms with Crippen LogP contribution >= 0.6 is 0 Å². The van der Waals surface area contributed by atoms with Gasteiger partial charge in [-0.1, -0.05) is 115 Å². The van der Waals surface area contributed by atoms with Crippen molar-refractivity contribution in [1.82, 2.24) is 0 Å². The number of nitrogens with zero attached hydrogens (tertiary/aromatic N) is 2. The molecule has 0 saturated carbocycles. The predicted octanol–water partition coefficient (Wildman–Crippen LogP) is 8.24. The van der Waals surface area contributed by atoms with E-state index in [1.807, 2.05) is 127 Å². The lowest BCUT2D eigenvalue weighted by molar-refractivity contribution is 0.621. The average molecular weight is 451 g/mol. The van der Waals surface area contributed by atoms with Gasteiger partial charge in [-0.05, 0) is 27.8 Å². The molecule has 0 atom stereocenters. The largest absolute Gasteiger partial charge is 0.204 e. The zero-order valence-electron chi connectivity index (χ0n) is 18.7. The maximum Gasteiger partial charge on any atom is 0.160 e. The monoisotopic (exact) mass is 450 g/mol. The van der Waals surface area contributed by atoms with Crippen molar-refractivity contribution in [3.8, 4) is 56.6 Å². The minimum Gasteiger partial charge on any atom is -0.204 e. The zero-order chi connectivity index (χ0) is 24.2. The molecule has 0 spiro atoms. The number of halogens is 1. The van der Waals surface area contributed by atoms with Crippen molar-refractivity contribution in [2.45, 2.75) is 0 Å². The van der Waals surface area contributed by atoms with Crippen molar-refractivity contribution in [3.05, 3.63) is 132 Å². The fraction of sp³-hybridized carbons (Fsp3) is 0. The number of benzene rings is 5. The average Bonchev–Trinajstić information content (AvgIpc) is 2.94. The minimum atomic E-state index is -0.794. The third-order valence-corrected chi connectivity index (χ3v) is 6.07. The lowest BCUT2D eigenvalue weighted by Crippen LogP contribution is -2.02. The van der Waals surface area contributed by atoms with E-state index in [0.717, 1.165) is 16.7 Å². The van der Waals surface area contributed by atoms with Gasteiger partial charge in [-0.2, -0.15) is 10.5 Å². The van der Waals surface area contributed by atoms with Gasteiger partial charge in [0.05, 0.1) is 11.1 Å². The summed E-state index contributed by atoms with van der Waals surface area (Å²) in [5.41, 5.74) is 5.72. The van der Waals surface area contributed by atoms with Gasteiger partial charge in [0.2, 0.25) is 0 Å². The molecule has 0 aliphatic carbocycles. The molecule has 0 aliphatic heterocycles. The third-order valence-electron chi connectivity index (χ3n) is 6.07. The Balaban J connectivity index is 1.88. The molecule has 0 aromatic heterocycles. The van der Waals surface area contributed by atoms with Crippen molar-refractivity contribution in [2.24, 2.45) is 0 Å². The van der Waals surface area contributed by atoms with E-state index in [0.29, 0.717) is 27.8 Å². The number of rotatable bonds is 4. The van der Waals surface area contributed by atoms with Crippen LogP contribution in [0.25, 0.3) is 44.5 Å². The molecule has 0 aliphatic rings. The maximum atomic E-state index is 15.7. The molecule has 5 aromatic rings. The van der Waals surface area contributed by atoms with E-state index in [9.17, 15) is 10.5 Å². The van der Waals surface area contributed by atoms with E-state index in [4.69, 9.17) is 0 Å². The van der Waals surface area contributed by atoms with Crippen molar-refractivity contribution in [1.29, 1.82) is 10.5 Å². The van der Waals surface area contributed by atoms with Gasteiger partial charge >= 0.3 is 0 Å². The quantitative estimate of drug-likeness (QED) is 0.277. The summed E-state index contributed by atoms with van der Waals surface area (Å²) in [6.45, 7) is 0. The first-order chi connectivity index (χ1) is 17.2. The van der Waals surface area contributed by atoms with E-state index < -0.39 is 5.82 Å². The summed E-state index contributed by atoms with van der Waals surface area (Å²) in [6.07, 6.45) is 0. The summed E-state index contributed by atoms with van der Waals surface area (Å²) in [5, 5.41) is 20.0. The molecule has 0 heterocycles. The summed E-state index contributed by atoms with van der Waals surface area (Å²) in [5.74, 6) is -0.794. The molecular weight excluding hydrogens is 431 g/mol. The Morgan fingerprint density at radius 3 is 1.11 bits per heavy atom. The van der Waals surface area contributed by atoms with Crippen LogP contribution in [0.3, 0.4) is 0 Å². The molecule has 0 amide bonds. The predicted molar refractivity (Wildman–Crippen MR) is 138 cm³/mol. The Morgan fingerprint density at radius 2 is 0.714 bits per heavy atom. The Hall–Kier alpha value is -4.99. The van der Waals surface area contributed by atoms with Gasteiger partial charge in [-0.3, -0.25) is 0 Å². The molecule has 3 heteroatoms. The van der Waals surface area contributed by atoms with Gasteiger partial charge in [0, 0.05) is 16.7 Å². The second-order valence-corrected chi connectivity index (χ2v) is 8.09. The van der Waals surface area contributed by atoms with Gasteiger partial charge in [-0.25, -0.2) is 4.39 Å². The summed E-state index contributed by atoms with van der Waals surface area (Å²) in [7, 11) is 0. The molecule has 5 aromatic carbocycles. The van der Waals surface area contributed by atoms with Crippen molar-refractivity contribution >= 4 is 0 Å². The van der Waals surface area contributed by atoms with Crippen LogP contribution in [0.1, 0.15) is 11.1 Å². The van der Waals surface area contributed by atoms with E-state index in [-0.39, 0.29) is 11.1 Å². The second-order valence-electron chi connectivity index (χ2n) is 8.09. The van der Waals surface area contributed by atoms with E-state index >= 15 is 4.39 Å². The highest BCUT2D eigenvalue weighted by Gasteiger charge is 2.27. The molecule has 5 rings (SSSR count). The number of nitriles is 2. The van der Waals surface area contributed by atoms with Crippen LogP contribution in [0.15, 0.2) is 115 Å². The first kappa shape index (κ1) is 21.8. The van der Waals surface area contributed by atoms with Gasteiger partial charge in [0.1, 0.15) is 12.1 Å². The first-order valence-corrected chi connectivity index (χ1v) is 11.2. The molecule has 0 unspecified atom stereocenters. The highest BCUT2D eigenvalue weighted by Crippen LogP contribution is 2.45. The number of hydrogen-bond donors (Lipinski definition) is 0. The molecule has 35 heavy (non-hydrogen) atoms. The van der Waals surface area contributed by atoms with Crippen LogP contribution in [0.2, 0.25) is 0 Å². The minimum absolute atomic E-state index is 0.130. The fourth-order valence-electron chi connectivity index (χ4n) is 4.47. The summed E-state index contributed by atoms with van der Waals surface area (Å²) in [6, 6.07) is 40.7. The van der Waals surface area contributed by atoms with Crippen LogP contribution in [-0.2, 0) is 0 Å². The van der Waals surface area contributed by atoms with Crippen LogP contribution < -0.4 is 0 Å². The molecular formula is C32H19FN2. The standard InChI is InChI=1S/C32H19FN2/c33-32-27(20-34)29(24-12-6-2-7-13-24)31(30(28(32)21-35)25-14-8-3-9-15-25)26-18-16-23(17-19-26)22-10-4-1-5-11-22/h1-19H. The Bertz CT molecular complexity index is 1500. The van der Waals surface area contributed by atoms with Crippen molar-refractivity contribution in [3.63, 3.8) is 0 Å². The lowest BCUT2D eigenvalue weighted by atomic mass is 9.81. The van der Waals surface area contributed by atoms with Gasteiger partial charge in [-0.15, -0.1) is 0 Å². The summed E-state index contributed by atoms with van der Waals surface area (Å²) < 4.78 is 15.7. The molecule has 164 valence electrons. The van der Waals surface area contributed by atoms with E-state index in [1.165, 1.54) is 0 Å². The molecule has 0 bridgehead atoms. The van der Waals surface area contributed by atoms with Crippen LogP contribution in [0.4, 0.5) is 4.39 Å². The molecule has 2 nitrogen and oxygen atoms in total. The Morgan fingerprint density at radius 1 is 0.400 bits per heavy atom. The van der Waals surface area contributed by atoms with E-state index in [2.05, 4.69) is 0 Å². The van der Waals surface area contributed by atoms with Gasteiger partial charge in [0.15, 0.2) is 5.82 Å². The highest BCUT2D eigenvalue weighted by atomic mass is 19.1. The van der Waals surface area contributed by atoms with Crippen LogP contribution in [0.5, 0.6) is 0 Å². The Kier molecular flexibility index (Phi) is 5.91. The highest BCUT2D eigenvalue weighted by molar-refractivity contribution is 5.99. The van der Waals surface area contributed by atoms with Crippen molar-refractivity contribution < 1.29 is 4.39 Å². The van der Waals surface area contributed by atoms with E-state index in [1.54, 1.807) is 0 Å². The fourth-order valence-corrected chi connectivity index (χ4v) is 4.47. The lowest BCUT2D eigenvalue weighted by Gasteiger charge is -2.20. The normalized spacial score (nSPS) is 10.4. The molecule has 0 fully saturated rings. The Labute approximate surface area is 203 Å². The zero-order valence-corrected chi connectivity index (χ0v) is 18.7. The second kappa shape index (κ2) is 9.48. The smallest absolute Gasteiger partial charge is 0.160 e. The SMILES string of the molecule is N#Cc1c(F)c(C#N)c(-c2ccccc2)c(-c2ccc(-c3ccccc3)cc2)c1-c1ccccc1. The van der Waals surface area contributed by atoms with Crippen LogP contribution in [-0.4, -0.2) is 0 Å². The third kappa shape index (κ3) is 3.97. The van der Waals surface area contributed by atoms with Gasteiger partial charge in [0.25, 0.3) is 0 Å². The number of hydrogen-bond acceptors (Lipinski definition) is 2.